The minimum absolute atomic E-state index is 0.238. The Hall–Kier alpha value is -1.50. The van der Waals surface area contributed by atoms with Crippen molar-refractivity contribution < 1.29 is 9.53 Å². The molecule has 1 unspecified atom stereocenters. The van der Waals surface area contributed by atoms with Crippen molar-refractivity contribution in [1.82, 2.24) is 15.1 Å². The van der Waals surface area contributed by atoms with Crippen molar-refractivity contribution in [2.45, 2.75) is 6.04 Å². The average Bonchev–Trinajstić information content (AvgIpc) is 2.54. The topological polar surface area (TPSA) is 56.8 Å². The number of nitrogens with one attached hydrogen (secondary N) is 2. The predicted molar refractivity (Wildman–Crippen MR) is 86.8 cm³/mol. The summed E-state index contributed by atoms with van der Waals surface area (Å²) in [6.07, 6.45) is 0. The fourth-order valence-electron chi connectivity index (χ4n) is 3.07. The zero-order valence-corrected chi connectivity index (χ0v) is 13.4. The van der Waals surface area contributed by atoms with Crippen molar-refractivity contribution >= 4 is 23.3 Å². The van der Waals surface area contributed by atoms with Gasteiger partial charge in [0.2, 0.25) is 0 Å². The number of amides is 2. The number of carbonyl (C=O) groups excluding carboxylic acids is 1. The summed E-state index contributed by atoms with van der Waals surface area (Å²) < 4.78 is 5.22. The molecule has 2 N–H and O–H groups in total. The first-order valence-electron chi connectivity index (χ1n) is 7.50. The van der Waals surface area contributed by atoms with Gasteiger partial charge in [-0.05, 0) is 18.2 Å². The third-order valence-electron chi connectivity index (χ3n) is 4.30. The van der Waals surface area contributed by atoms with Gasteiger partial charge in [0.1, 0.15) is 5.75 Å². The fourth-order valence-corrected chi connectivity index (χ4v) is 3.25. The molecule has 1 aromatic carbocycles. The SMILES string of the molecule is COc1ccc(Cl)cc1NC(=O)NCC1CN2CCN1CC2. The van der Waals surface area contributed by atoms with E-state index in [0.29, 0.717) is 29.0 Å². The number of carbonyl (C=O) groups is 1. The average molecular weight is 325 g/mol. The van der Waals surface area contributed by atoms with Crippen LogP contribution in [0.1, 0.15) is 0 Å². The molecule has 7 heteroatoms. The number of hydrogen-bond acceptors (Lipinski definition) is 4. The second-order valence-electron chi connectivity index (χ2n) is 5.67. The van der Waals surface area contributed by atoms with Gasteiger partial charge in [-0.15, -0.1) is 0 Å². The summed E-state index contributed by atoms with van der Waals surface area (Å²) in [6.45, 7) is 6.14. The molecule has 4 rings (SSSR count). The van der Waals surface area contributed by atoms with E-state index in [9.17, 15) is 4.79 Å². The number of halogens is 1. The molecule has 1 aromatic rings. The van der Waals surface area contributed by atoms with Gasteiger partial charge in [0, 0.05) is 50.3 Å². The fraction of sp³-hybridized carbons (Fsp3) is 0.533. The van der Waals surface area contributed by atoms with Crippen LogP contribution in [0, 0.1) is 0 Å². The molecule has 0 aromatic heterocycles. The maximum atomic E-state index is 12.1. The van der Waals surface area contributed by atoms with Crippen LogP contribution in [-0.4, -0.2) is 68.3 Å². The minimum atomic E-state index is -0.238. The molecular formula is C15H21ClN4O2. The molecule has 0 spiro atoms. The lowest BCUT2D eigenvalue weighted by Crippen LogP contribution is -2.63. The standard InChI is InChI=1S/C15H21ClN4O2/c1-22-14-3-2-11(16)8-13(14)18-15(21)17-9-12-10-19-4-6-20(12)7-5-19/h2-3,8,12H,4-7,9-10H2,1H3,(H2,17,18,21). The van der Waals surface area contributed by atoms with Gasteiger partial charge in [-0.1, -0.05) is 11.6 Å². The third-order valence-corrected chi connectivity index (χ3v) is 4.54. The Morgan fingerprint density at radius 3 is 2.77 bits per heavy atom. The minimum Gasteiger partial charge on any atom is -0.495 e. The summed E-state index contributed by atoms with van der Waals surface area (Å²) in [6, 6.07) is 5.30. The number of urea groups is 1. The Bertz CT molecular complexity index is 546. The van der Waals surface area contributed by atoms with Gasteiger partial charge in [-0.25, -0.2) is 4.79 Å². The quantitative estimate of drug-likeness (QED) is 0.880. The molecule has 0 saturated carbocycles. The molecule has 2 amide bonds. The number of benzene rings is 1. The maximum absolute atomic E-state index is 12.1. The Labute approximate surface area is 135 Å². The largest absolute Gasteiger partial charge is 0.495 e. The predicted octanol–water partition coefficient (Wildman–Crippen LogP) is 1.47. The van der Waals surface area contributed by atoms with Gasteiger partial charge in [0.05, 0.1) is 12.8 Å². The molecule has 120 valence electrons. The van der Waals surface area contributed by atoms with E-state index >= 15 is 0 Å². The lowest BCUT2D eigenvalue weighted by molar-refractivity contribution is 0.0149. The lowest BCUT2D eigenvalue weighted by atomic mass is 10.1. The summed E-state index contributed by atoms with van der Waals surface area (Å²) in [5.74, 6) is 0.589. The van der Waals surface area contributed by atoms with E-state index in [1.165, 1.54) is 0 Å². The monoisotopic (exact) mass is 324 g/mol. The molecule has 22 heavy (non-hydrogen) atoms. The molecule has 3 aliphatic rings. The highest BCUT2D eigenvalue weighted by atomic mass is 35.5. The molecule has 0 aliphatic carbocycles. The summed E-state index contributed by atoms with van der Waals surface area (Å²) >= 11 is 5.96. The first-order chi connectivity index (χ1) is 10.7. The molecule has 2 bridgehead atoms. The van der Waals surface area contributed by atoms with Gasteiger partial charge >= 0.3 is 6.03 Å². The zero-order chi connectivity index (χ0) is 15.5. The van der Waals surface area contributed by atoms with E-state index in [1.807, 2.05) is 0 Å². The van der Waals surface area contributed by atoms with Crippen molar-refractivity contribution in [3.05, 3.63) is 23.2 Å². The Morgan fingerprint density at radius 1 is 1.36 bits per heavy atom. The number of methoxy groups -OCH3 is 1. The van der Waals surface area contributed by atoms with Gasteiger partial charge in [-0.3, -0.25) is 9.80 Å². The first-order valence-corrected chi connectivity index (χ1v) is 7.88. The van der Waals surface area contributed by atoms with Crippen LogP contribution in [0.5, 0.6) is 5.75 Å². The van der Waals surface area contributed by atoms with Crippen molar-refractivity contribution in [3.63, 3.8) is 0 Å². The smallest absolute Gasteiger partial charge is 0.319 e. The van der Waals surface area contributed by atoms with Crippen LogP contribution in [0.4, 0.5) is 10.5 Å². The Morgan fingerprint density at radius 2 is 2.14 bits per heavy atom. The molecule has 0 radical (unpaired) electrons. The van der Waals surface area contributed by atoms with Gasteiger partial charge in [0.25, 0.3) is 0 Å². The van der Waals surface area contributed by atoms with E-state index in [2.05, 4.69) is 20.4 Å². The number of nitrogens with zero attached hydrogens (tertiary/aromatic N) is 2. The van der Waals surface area contributed by atoms with Crippen LogP contribution in [0.3, 0.4) is 0 Å². The van der Waals surface area contributed by atoms with Crippen molar-refractivity contribution in [2.24, 2.45) is 0 Å². The number of anilines is 1. The molecule has 3 heterocycles. The highest BCUT2D eigenvalue weighted by Gasteiger charge is 2.31. The van der Waals surface area contributed by atoms with Crippen LogP contribution in [0.15, 0.2) is 18.2 Å². The van der Waals surface area contributed by atoms with Gasteiger partial charge in [-0.2, -0.15) is 0 Å². The van der Waals surface area contributed by atoms with E-state index in [1.54, 1.807) is 25.3 Å². The van der Waals surface area contributed by atoms with Crippen LogP contribution in [0.25, 0.3) is 0 Å². The van der Waals surface area contributed by atoms with Gasteiger partial charge < -0.3 is 15.4 Å². The van der Waals surface area contributed by atoms with Crippen molar-refractivity contribution in [1.29, 1.82) is 0 Å². The molecular weight excluding hydrogens is 304 g/mol. The van der Waals surface area contributed by atoms with Crippen LogP contribution in [0.2, 0.25) is 5.02 Å². The first kappa shape index (κ1) is 15.4. The molecule has 1 atom stereocenters. The Kier molecular flexibility index (Phi) is 4.71. The number of ether oxygens (including phenoxy) is 1. The van der Waals surface area contributed by atoms with Gasteiger partial charge in [0.15, 0.2) is 0 Å². The lowest BCUT2D eigenvalue weighted by Gasteiger charge is -2.47. The van der Waals surface area contributed by atoms with Crippen LogP contribution in [-0.2, 0) is 0 Å². The number of rotatable bonds is 4. The summed E-state index contributed by atoms with van der Waals surface area (Å²) in [5.41, 5.74) is 0.571. The number of hydrogen-bond donors (Lipinski definition) is 2. The second kappa shape index (κ2) is 6.73. The molecule has 3 saturated heterocycles. The zero-order valence-electron chi connectivity index (χ0n) is 12.6. The third kappa shape index (κ3) is 3.45. The summed E-state index contributed by atoms with van der Waals surface area (Å²) in [5, 5.41) is 6.29. The number of piperazine rings is 3. The molecule has 3 fully saturated rings. The van der Waals surface area contributed by atoms with E-state index in [0.717, 1.165) is 32.7 Å². The Balaban J connectivity index is 1.53. The highest BCUT2D eigenvalue weighted by molar-refractivity contribution is 6.31. The molecule has 6 nitrogen and oxygen atoms in total. The van der Waals surface area contributed by atoms with Crippen molar-refractivity contribution in [2.75, 3.05) is 51.7 Å². The normalized spacial score (nSPS) is 26.5. The van der Waals surface area contributed by atoms with E-state index in [4.69, 9.17) is 16.3 Å². The maximum Gasteiger partial charge on any atom is 0.319 e. The van der Waals surface area contributed by atoms with Crippen LogP contribution < -0.4 is 15.4 Å². The number of fused-ring (bicyclic) bond motifs is 3. The summed E-state index contributed by atoms with van der Waals surface area (Å²) in [4.78, 5) is 17.0. The molecule has 3 aliphatic heterocycles. The second-order valence-corrected chi connectivity index (χ2v) is 6.11. The highest BCUT2D eigenvalue weighted by Crippen LogP contribution is 2.27. The van der Waals surface area contributed by atoms with Crippen molar-refractivity contribution in [3.8, 4) is 5.75 Å². The van der Waals surface area contributed by atoms with E-state index < -0.39 is 0 Å². The van der Waals surface area contributed by atoms with E-state index in [-0.39, 0.29) is 6.03 Å². The van der Waals surface area contributed by atoms with Crippen LogP contribution >= 0.6 is 11.6 Å². The summed E-state index contributed by atoms with van der Waals surface area (Å²) in [7, 11) is 1.56.